The number of halogens is 1. The second kappa shape index (κ2) is 6.86. The fourth-order valence-corrected chi connectivity index (χ4v) is 2.01. The van der Waals surface area contributed by atoms with Gasteiger partial charge in [-0.15, -0.1) is 0 Å². The van der Waals surface area contributed by atoms with E-state index in [4.69, 9.17) is 16.3 Å². The Balaban J connectivity index is 2.78. The number of ether oxygens (including phenoxy) is 1. The van der Waals surface area contributed by atoms with Crippen molar-refractivity contribution < 1.29 is 9.84 Å². The van der Waals surface area contributed by atoms with E-state index in [-0.39, 0.29) is 12.0 Å². The maximum absolute atomic E-state index is 9.53. The van der Waals surface area contributed by atoms with Crippen LogP contribution < -0.4 is 10.1 Å². The SMILES string of the molecule is CCC(CC)(CO)CNc1cc(OC)ccc1Cl. The Morgan fingerprint density at radius 2 is 2.00 bits per heavy atom. The van der Waals surface area contributed by atoms with Crippen molar-refractivity contribution in [2.75, 3.05) is 25.6 Å². The van der Waals surface area contributed by atoms with Gasteiger partial charge in [-0.25, -0.2) is 0 Å². The summed E-state index contributed by atoms with van der Waals surface area (Å²) in [5.41, 5.74) is 0.752. The van der Waals surface area contributed by atoms with E-state index < -0.39 is 0 Å². The van der Waals surface area contributed by atoms with E-state index >= 15 is 0 Å². The van der Waals surface area contributed by atoms with Crippen molar-refractivity contribution in [3.63, 3.8) is 0 Å². The van der Waals surface area contributed by atoms with Gasteiger partial charge in [-0.2, -0.15) is 0 Å². The van der Waals surface area contributed by atoms with Crippen LogP contribution in [0.25, 0.3) is 0 Å². The Kier molecular flexibility index (Phi) is 5.76. The third-order valence-corrected chi connectivity index (χ3v) is 3.99. The summed E-state index contributed by atoms with van der Waals surface area (Å²) in [7, 11) is 1.63. The van der Waals surface area contributed by atoms with Crippen molar-refractivity contribution in [2.45, 2.75) is 26.7 Å². The van der Waals surface area contributed by atoms with Crippen LogP contribution in [0.3, 0.4) is 0 Å². The number of rotatable bonds is 7. The molecule has 0 fully saturated rings. The van der Waals surface area contributed by atoms with E-state index in [2.05, 4.69) is 19.2 Å². The highest BCUT2D eigenvalue weighted by Gasteiger charge is 2.25. The Labute approximate surface area is 114 Å². The zero-order chi connectivity index (χ0) is 13.6. The molecule has 1 rings (SSSR count). The second-order valence-corrected chi connectivity index (χ2v) is 4.97. The van der Waals surface area contributed by atoms with Gasteiger partial charge in [-0.1, -0.05) is 25.4 Å². The average Bonchev–Trinajstić information content (AvgIpc) is 2.42. The molecule has 0 unspecified atom stereocenters. The zero-order valence-corrected chi connectivity index (χ0v) is 12.0. The van der Waals surface area contributed by atoms with Crippen LogP contribution in [0, 0.1) is 5.41 Å². The van der Waals surface area contributed by atoms with E-state index in [0.29, 0.717) is 11.6 Å². The molecule has 0 atom stereocenters. The highest BCUT2D eigenvalue weighted by molar-refractivity contribution is 6.33. The van der Waals surface area contributed by atoms with Crippen LogP contribution in [-0.2, 0) is 0 Å². The smallest absolute Gasteiger partial charge is 0.121 e. The Bertz CT molecular complexity index is 370. The van der Waals surface area contributed by atoms with Gasteiger partial charge in [-0.05, 0) is 25.0 Å². The predicted octanol–water partition coefficient (Wildman–Crippen LogP) is 3.56. The summed E-state index contributed by atoms with van der Waals surface area (Å²) in [4.78, 5) is 0. The largest absolute Gasteiger partial charge is 0.497 e. The zero-order valence-electron chi connectivity index (χ0n) is 11.3. The summed E-state index contributed by atoms with van der Waals surface area (Å²) < 4.78 is 5.17. The average molecular weight is 272 g/mol. The summed E-state index contributed by atoms with van der Waals surface area (Å²) in [5, 5.41) is 13.5. The number of aliphatic hydroxyl groups excluding tert-OH is 1. The highest BCUT2D eigenvalue weighted by atomic mass is 35.5. The number of methoxy groups -OCH3 is 1. The van der Waals surface area contributed by atoms with Crippen LogP contribution >= 0.6 is 11.6 Å². The maximum Gasteiger partial charge on any atom is 0.121 e. The third-order valence-electron chi connectivity index (χ3n) is 3.66. The Morgan fingerprint density at radius 3 is 2.50 bits per heavy atom. The maximum atomic E-state index is 9.53. The molecular weight excluding hydrogens is 250 g/mol. The van der Waals surface area contributed by atoms with Gasteiger partial charge in [0.15, 0.2) is 0 Å². The minimum atomic E-state index is -0.0909. The van der Waals surface area contributed by atoms with E-state index in [1.165, 1.54) is 0 Å². The molecule has 0 radical (unpaired) electrons. The predicted molar refractivity (Wildman–Crippen MR) is 76.6 cm³/mol. The number of hydrogen-bond acceptors (Lipinski definition) is 3. The van der Waals surface area contributed by atoms with Crippen LogP contribution in [0.15, 0.2) is 18.2 Å². The van der Waals surface area contributed by atoms with Crippen molar-refractivity contribution >= 4 is 17.3 Å². The van der Waals surface area contributed by atoms with Gasteiger partial charge in [0, 0.05) is 18.0 Å². The van der Waals surface area contributed by atoms with Crippen molar-refractivity contribution in [1.82, 2.24) is 0 Å². The molecule has 18 heavy (non-hydrogen) atoms. The molecule has 1 aromatic rings. The number of anilines is 1. The number of hydrogen-bond donors (Lipinski definition) is 2. The first-order chi connectivity index (χ1) is 8.60. The van der Waals surface area contributed by atoms with Crippen LogP contribution in [0.2, 0.25) is 5.02 Å². The fourth-order valence-electron chi connectivity index (χ4n) is 1.83. The molecule has 0 spiro atoms. The fraction of sp³-hybridized carbons (Fsp3) is 0.571. The summed E-state index contributed by atoms with van der Waals surface area (Å²) in [6, 6.07) is 5.50. The first-order valence-electron chi connectivity index (χ1n) is 6.29. The van der Waals surface area contributed by atoms with Crippen molar-refractivity contribution in [1.29, 1.82) is 0 Å². The van der Waals surface area contributed by atoms with Crippen LogP contribution in [-0.4, -0.2) is 25.4 Å². The molecule has 0 aliphatic heterocycles. The van der Waals surface area contributed by atoms with Gasteiger partial charge in [0.05, 0.1) is 24.4 Å². The van der Waals surface area contributed by atoms with Crippen molar-refractivity contribution in [3.8, 4) is 5.75 Å². The van der Waals surface area contributed by atoms with Gasteiger partial charge in [0.25, 0.3) is 0 Å². The summed E-state index contributed by atoms with van der Waals surface area (Å²) in [6.07, 6.45) is 1.85. The lowest BCUT2D eigenvalue weighted by Gasteiger charge is -2.30. The number of aliphatic hydroxyl groups is 1. The molecule has 0 aromatic heterocycles. The van der Waals surface area contributed by atoms with Gasteiger partial charge in [0.2, 0.25) is 0 Å². The molecule has 102 valence electrons. The van der Waals surface area contributed by atoms with Crippen LogP contribution in [0.4, 0.5) is 5.69 Å². The lowest BCUT2D eigenvalue weighted by Crippen LogP contribution is -2.32. The van der Waals surface area contributed by atoms with E-state index in [1.807, 2.05) is 12.1 Å². The number of nitrogens with one attached hydrogen (secondary N) is 1. The summed E-state index contributed by atoms with van der Waals surface area (Å²) in [5.74, 6) is 0.768. The first-order valence-corrected chi connectivity index (χ1v) is 6.67. The number of benzene rings is 1. The van der Waals surface area contributed by atoms with E-state index in [0.717, 1.165) is 24.3 Å². The molecule has 0 amide bonds. The normalized spacial score (nSPS) is 11.4. The molecule has 0 heterocycles. The molecule has 3 nitrogen and oxygen atoms in total. The minimum Gasteiger partial charge on any atom is -0.497 e. The van der Waals surface area contributed by atoms with E-state index in [9.17, 15) is 5.11 Å². The quantitative estimate of drug-likeness (QED) is 0.797. The first kappa shape index (κ1) is 15.1. The standard InChI is InChI=1S/C14H22ClNO2/c1-4-14(5-2,10-17)9-16-13-8-11(18-3)6-7-12(13)15/h6-8,16-17H,4-5,9-10H2,1-3H3. The molecule has 1 aromatic carbocycles. The van der Waals surface area contributed by atoms with E-state index in [1.54, 1.807) is 13.2 Å². The molecular formula is C14H22ClNO2. The van der Waals surface area contributed by atoms with Crippen LogP contribution in [0.1, 0.15) is 26.7 Å². The van der Waals surface area contributed by atoms with Gasteiger partial charge in [-0.3, -0.25) is 0 Å². The molecule has 2 N–H and O–H groups in total. The van der Waals surface area contributed by atoms with Gasteiger partial charge in [0.1, 0.15) is 5.75 Å². The van der Waals surface area contributed by atoms with Crippen LogP contribution in [0.5, 0.6) is 5.75 Å². The van der Waals surface area contributed by atoms with Crippen molar-refractivity contribution in [2.24, 2.45) is 5.41 Å². The molecule has 0 aliphatic rings. The highest BCUT2D eigenvalue weighted by Crippen LogP contribution is 2.30. The molecule has 4 heteroatoms. The van der Waals surface area contributed by atoms with Gasteiger partial charge < -0.3 is 15.2 Å². The minimum absolute atomic E-state index is 0.0909. The Hall–Kier alpha value is -0.930. The van der Waals surface area contributed by atoms with Crippen molar-refractivity contribution in [3.05, 3.63) is 23.2 Å². The second-order valence-electron chi connectivity index (χ2n) is 4.56. The third kappa shape index (κ3) is 3.53. The monoisotopic (exact) mass is 271 g/mol. The molecule has 0 saturated heterocycles. The summed E-state index contributed by atoms with van der Waals surface area (Å²) >= 11 is 6.13. The molecule has 0 bridgehead atoms. The van der Waals surface area contributed by atoms with Gasteiger partial charge >= 0.3 is 0 Å². The topological polar surface area (TPSA) is 41.5 Å². The molecule has 0 saturated carbocycles. The summed E-state index contributed by atoms with van der Waals surface area (Å²) in [6.45, 7) is 5.06. The lowest BCUT2D eigenvalue weighted by molar-refractivity contribution is 0.127. The Morgan fingerprint density at radius 1 is 1.33 bits per heavy atom. The lowest BCUT2D eigenvalue weighted by atomic mass is 9.83. The molecule has 0 aliphatic carbocycles.